The number of aromatic carboxylic acids is 1. The molecule has 1 fully saturated rings. The van der Waals surface area contributed by atoms with Gasteiger partial charge < -0.3 is 14.6 Å². The average Bonchev–Trinajstić information content (AvgIpc) is 2.99. The molecule has 6 heteroatoms. The second-order valence-electron chi connectivity index (χ2n) is 5.62. The highest BCUT2D eigenvalue weighted by molar-refractivity contribution is 5.89. The molecule has 0 aliphatic heterocycles. The van der Waals surface area contributed by atoms with Crippen molar-refractivity contribution >= 4 is 5.97 Å². The third-order valence-corrected chi connectivity index (χ3v) is 4.10. The van der Waals surface area contributed by atoms with Crippen LogP contribution < -0.4 is 9.47 Å². The topological polar surface area (TPSA) is 73.6 Å². The van der Waals surface area contributed by atoms with E-state index in [1.165, 1.54) is 17.3 Å². The molecule has 1 saturated carbocycles. The fourth-order valence-electron chi connectivity index (χ4n) is 2.97. The minimum absolute atomic E-state index is 0.0278. The highest BCUT2D eigenvalue weighted by Crippen LogP contribution is 2.30. The molecule has 0 bridgehead atoms. The third kappa shape index (κ3) is 3.16. The van der Waals surface area contributed by atoms with Gasteiger partial charge in [-0.3, -0.25) is 0 Å². The molecule has 6 nitrogen and oxygen atoms in total. The number of nitrogens with zero attached hydrogens (tertiary/aromatic N) is 2. The second kappa shape index (κ2) is 6.73. The predicted molar refractivity (Wildman–Crippen MR) is 84.6 cm³/mol. The Bertz CT molecular complexity index is 690. The number of hydrogen-bond donors (Lipinski definition) is 1. The van der Waals surface area contributed by atoms with Gasteiger partial charge in [-0.15, -0.1) is 0 Å². The van der Waals surface area contributed by atoms with Gasteiger partial charge in [0, 0.05) is 0 Å². The first-order valence-electron chi connectivity index (χ1n) is 7.82. The van der Waals surface area contributed by atoms with Gasteiger partial charge >= 0.3 is 5.97 Å². The standard InChI is InChI=1S/C17H20N2O4/c1-22-14-10-6-5-9-13(14)19-16(17(20)21)15(11-18-19)23-12-7-3-2-4-8-12/h5-6,9-12H,2-4,7-8H2,1H3,(H,20,21). The Morgan fingerprint density at radius 1 is 1.22 bits per heavy atom. The maximum Gasteiger partial charge on any atom is 0.358 e. The number of methoxy groups -OCH3 is 1. The van der Waals surface area contributed by atoms with Gasteiger partial charge in [0.25, 0.3) is 0 Å². The normalized spacial score (nSPS) is 15.3. The van der Waals surface area contributed by atoms with Gasteiger partial charge in [-0.05, 0) is 37.8 Å². The second-order valence-corrected chi connectivity index (χ2v) is 5.62. The Morgan fingerprint density at radius 2 is 1.96 bits per heavy atom. The Labute approximate surface area is 134 Å². The van der Waals surface area contributed by atoms with Crippen LogP contribution in [0.15, 0.2) is 30.5 Å². The average molecular weight is 316 g/mol. The highest BCUT2D eigenvalue weighted by atomic mass is 16.5. The molecule has 2 aromatic rings. The van der Waals surface area contributed by atoms with E-state index >= 15 is 0 Å². The van der Waals surface area contributed by atoms with Gasteiger partial charge in [0.2, 0.25) is 0 Å². The molecule has 122 valence electrons. The van der Waals surface area contributed by atoms with Gasteiger partial charge in [-0.25, -0.2) is 9.48 Å². The molecule has 1 aromatic carbocycles. The molecule has 1 aliphatic carbocycles. The van der Waals surface area contributed by atoms with Crippen LogP contribution in [0, 0.1) is 0 Å². The van der Waals surface area contributed by atoms with Crippen LogP contribution in [0.1, 0.15) is 42.6 Å². The summed E-state index contributed by atoms with van der Waals surface area (Å²) in [7, 11) is 1.54. The van der Waals surface area contributed by atoms with E-state index in [0.717, 1.165) is 25.7 Å². The number of aromatic nitrogens is 2. The molecule has 0 radical (unpaired) electrons. The zero-order chi connectivity index (χ0) is 16.2. The van der Waals surface area contributed by atoms with E-state index in [1.807, 2.05) is 12.1 Å². The predicted octanol–water partition coefficient (Wildman–Crippen LogP) is 3.29. The van der Waals surface area contributed by atoms with Gasteiger partial charge in [0.15, 0.2) is 11.4 Å². The van der Waals surface area contributed by atoms with Gasteiger partial charge in [0.05, 0.1) is 19.4 Å². The fourth-order valence-corrected chi connectivity index (χ4v) is 2.97. The Balaban J connectivity index is 1.97. The van der Waals surface area contributed by atoms with Crippen molar-refractivity contribution in [3.8, 4) is 17.2 Å². The van der Waals surface area contributed by atoms with Crippen molar-refractivity contribution in [3.05, 3.63) is 36.2 Å². The molecule has 1 aliphatic rings. The molecule has 0 spiro atoms. The molecular formula is C17H20N2O4. The summed E-state index contributed by atoms with van der Waals surface area (Å²) in [4.78, 5) is 11.7. The van der Waals surface area contributed by atoms with Crippen molar-refractivity contribution < 1.29 is 19.4 Å². The van der Waals surface area contributed by atoms with Crippen molar-refractivity contribution in [1.29, 1.82) is 0 Å². The number of ether oxygens (including phenoxy) is 2. The summed E-state index contributed by atoms with van der Waals surface area (Å²) in [6, 6.07) is 7.17. The summed E-state index contributed by atoms with van der Waals surface area (Å²) in [6.45, 7) is 0. The minimum atomic E-state index is -1.07. The van der Waals surface area contributed by atoms with Crippen LogP contribution in [0.3, 0.4) is 0 Å². The van der Waals surface area contributed by atoms with Gasteiger partial charge in [0.1, 0.15) is 11.4 Å². The van der Waals surface area contributed by atoms with Crippen molar-refractivity contribution in [1.82, 2.24) is 9.78 Å². The lowest BCUT2D eigenvalue weighted by Crippen LogP contribution is -2.21. The fraction of sp³-hybridized carbons (Fsp3) is 0.412. The molecule has 1 N–H and O–H groups in total. The van der Waals surface area contributed by atoms with Crippen molar-refractivity contribution in [2.75, 3.05) is 7.11 Å². The van der Waals surface area contributed by atoms with Crippen LogP contribution in [0.2, 0.25) is 0 Å². The lowest BCUT2D eigenvalue weighted by Gasteiger charge is -2.22. The Morgan fingerprint density at radius 3 is 2.65 bits per heavy atom. The maximum atomic E-state index is 11.7. The molecule has 0 amide bonds. The molecule has 1 heterocycles. The van der Waals surface area contributed by atoms with Gasteiger partial charge in [-0.1, -0.05) is 18.6 Å². The zero-order valence-corrected chi connectivity index (χ0v) is 13.1. The minimum Gasteiger partial charge on any atom is -0.494 e. The largest absolute Gasteiger partial charge is 0.494 e. The van der Waals surface area contributed by atoms with Crippen LogP contribution in [-0.4, -0.2) is 34.1 Å². The summed E-state index contributed by atoms with van der Waals surface area (Å²) in [5.41, 5.74) is 0.603. The van der Waals surface area contributed by atoms with Crippen molar-refractivity contribution in [3.63, 3.8) is 0 Å². The number of carboxylic acid groups (broad SMARTS) is 1. The first kappa shape index (κ1) is 15.4. The lowest BCUT2D eigenvalue weighted by atomic mass is 9.98. The Kier molecular flexibility index (Phi) is 4.50. The van der Waals surface area contributed by atoms with Crippen LogP contribution >= 0.6 is 0 Å². The number of carbonyl (C=O) groups is 1. The maximum absolute atomic E-state index is 11.7. The van der Waals surface area contributed by atoms with Crippen molar-refractivity contribution in [2.45, 2.75) is 38.2 Å². The number of benzene rings is 1. The summed E-state index contributed by atoms with van der Waals surface area (Å²) < 4.78 is 12.6. The third-order valence-electron chi connectivity index (χ3n) is 4.10. The smallest absolute Gasteiger partial charge is 0.358 e. The zero-order valence-electron chi connectivity index (χ0n) is 13.1. The van der Waals surface area contributed by atoms with E-state index in [4.69, 9.17) is 9.47 Å². The van der Waals surface area contributed by atoms with E-state index in [2.05, 4.69) is 5.10 Å². The first-order chi connectivity index (χ1) is 11.2. The van der Waals surface area contributed by atoms with Gasteiger partial charge in [-0.2, -0.15) is 5.10 Å². The molecule has 0 atom stereocenters. The van der Waals surface area contributed by atoms with Crippen molar-refractivity contribution in [2.24, 2.45) is 0 Å². The number of rotatable bonds is 5. The van der Waals surface area contributed by atoms with Crippen LogP contribution in [0.4, 0.5) is 0 Å². The lowest BCUT2D eigenvalue weighted by molar-refractivity contribution is 0.0676. The molecule has 23 heavy (non-hydrogen) atoms. The number of carboxylic acids is 1. The summed E-state index contributed by atoms with van der Waals surface area (Å²) >= 11 is 0. The van der Waals surface area contributed by atoms with E-state index in [1.54, 1.807) is 19.2 Å². The molecule has 3 rings (SSSR count). The van der Waals surface area contributed by atoms with E-state index in [0.29, 0.717) is 17.2 Å². The van der Waals surface area contributed by atoms with E-state index < -0.39 is 5.97 Å². The number of para-hydroxylation sites is 2. The SMILES string of the molecule is COc1ccccc1-n1ncc(OC2CCCCC2)c1C(=O)O. The monoisotopic (exact) mass is 316 g/mol. The van der Waals surface area contributed by atoms with Crippen LogP contribution in [0.5, 0.6) is 11.5 Å². The van der Waals surface area contributed by atoms with E-state index in [9.17, 15) is 9.90 Å². The Hall–Kier alpha value is -2.50. The molecule has 0 unspecified atom stereocenters. The molecule has 0 saturated heterocycles. The number of hydrogen-bond acceptors (Lipinski definition) is 4. The summed E-state index contributed by atoms with van der Waals surface area (Å²) in [6.07, 6.45) is 6.91. The first-order valence-corrected chi connectivity index (χ1v) is 7.82. The van der Waals surface area contributed by atoms with E-state index in [-0.39, 0.29) is 11.8 Å². The summed E-state index contributed by atoms with van der Waals surface area (Å²) in [5.74, 6) is -0.197. The molecular weight excluding hydrogens is 296 g/mol. The summed E-state index contributed by atoms with van der Waals surface area (Å²) in [5, 5.41) is 13.8. The molecule has 1 aromatic heterocycles. The van der Waals surface area contributed by atoms with Crippen LogP contribution in [0.25, 0.3) is 5.69 Å². The van der Waals surface area contributed by atoms with Crippen LogP contribution in [-0.2, 0) is 0 Å². The quantitative estimate of drug-likeness (QED) is 0.916. The highest BCUT2D eigenvalue weighted by Gasteiger charge is 2.25.